The summed E-state index contributed by atoms with van der Waals surface area (Å²) in [5.41, 5.74) is 3.82. The molecule has 55 heavy (non-hydrogen) atoms. The minimum absolute atomic E-state index is 0.0459. The number of fused-ring (bicyclic) bond motifs is 2. The highest BCUT2D eigenvalue weighted by Crippen LogP contribution is 2.61. The van der Waals surface area contributed by atoms with E-state index in [-0.39, 0.29) is 63.0 Å². The van der Waals surface area contributed by atoms with Gasteiger partial charge in [0, 0.05) is 43.7 Å². The van der Waals surface area contributed by atoms with Gasteiger partial charge in [0.25, 0.3) is 0 Å². The summed E-state index contributed by atoms with van der Waals surface area (Å²) in [5, 5.41) is 24.2. The molecule has 2 aliphatic carbocycles. The SMILES string of the molecule is C=CCO[C@@]12Oc3ccc(OCc4ccccc4F)cc3[C@H]3[C@H](CCCCO)[C@@H](CCCCO)C=C(C(=NOC)C[C@@H]1N(C)C(=O)OCc1ccccc1)[C@H]32. The predicted octanol–water partition coefficient (Wildman–Crippen LogP) is 7.94. The molecule has 10 nitrogen and oxygen atoms in total. The number of allylic oxidation sites excluding steroid dienone is 1. The van der Waals surface area contributed by atoms with E-state index in [2.05, 4.69) is 17.8 Å². The van der Waals surface area contributed by atoms with E-state index < -0.39 is 23.8 Å². The molecule has 1 saturated carbocycles. The highest BCUT2D eigenvalue weighted by molar-refractivity contribution is 6.02. The molecule has 1 fully saturated rings. The third-order valence-corrected chi connectivity index (χ3v) is 11.2. The van der Waals surface area contributed by atoms with Crippen LogP contribution < -0.4 is 9.47 Å². The zero-order chi connectivity index (χ0) is 38.8. The number of carbonyl (C=O) groups is 1. The van der Waals surface area contributed by atoms with E-state index in [1.54, 1.807) is 36.2 Å². The van der Waals surface area contributed by atoms with Crippen molar-refractivity contribution in [2.45, 2.75) is 75.9 Å². The first-order valence-corrected chi connectivity index (χ1v) is 19.3. The molecule has 2 N–H and O–H groups in total. The van der Waals surface area contributed by atoms with Crippen molar-refractivity contribution >= 4 is 11.8 Å². The van der Waals surface area contributed by atoms with Crippen molar-refractivity contribution in [2.75, 3.05) is 34.0 Å². The lowest BCUT2D eigenvalue weighted by Gasteiger charge is -2.59. The Balaban J connectivity index is 1.48. The maximum atomic E-state index is 14.6. The van der Waals surface area contributed by atoms with Crippen LogP contribution in [-0.2, 0) is 27.5 Å². The summed E-state index contributed by atoms with van der Waals surface area (Å²) in [4.78, 5) is 21.0. The van der Waals surface area contributed by atoms with Gasteiger partial charge in [-0.2, -0.15) is 0 Å². The summed E-state index contributed by atoms with van der Waals surface area (Å²) in [6, 6.07) is 21.0. The summed E-state index contributed by atoms with van der Waals surface area (Å²) < 4.78 is 40.7. The van der Waals surface area contributed by atoms with E-state index in [0.29, 0.717) is 35.6 Å². The van der Waals surface area contributed by atoms with Crippen molar-refractivity contribution in [1.82, 2.24) is 4.90 Å². The second-order valence-corrected chi connectivity index (χ2v) is 14.5. The van der Waals surface area contributed by atoms with Gasteiger partial charge in [-0.3, -0.25) is 0 Å². The quantitative estimate of drug-likeness (QED) is 0.0764. The number of oxime groups is 1. The molecule has 1 heterocycles. The normalized spacial score (nSPS) is 24.5. The molecule has 0 saturated heterocycles. The first-order chi connectivity index (χ1) is 26.8. The summed E-state index contributed by atoms with van der Waals surface area (Å²) in [7, 11) is 3.21. The number of halogens is 1. The zero-order valence-corrected chi connectivity index (χ0v) is 31.8. The summed E-state index contributed by atoms with van der Waals surface area (Å²) >= 11 is 0. The minimum Gasteiger partial charge on any atom is -0.489 e. The molecule has 6 atom stereocenters. The van der Waals surface area contributed by atoms with Gasteiger partial charge in [-0.1, -0.05) is 78.7 Å². The van der Waals surface area contributed by atoms with Gasteiger partial charge in [0.1, 0.15) is 43.7 Å². The molecule has 1 amide bonds. The molecule has 1 aliphatic heterocycles. The van der Waals surface area contributed by atoms with E-state index in [4.69, 9.17) is 23.8 Å². The van der Waals surface area contributed by atoms with E-state index in [1.807, 2.05) is 48.5 Å². The van der Waals surface area contributed by atoms with Crippen molar-refractivity contribution in [2.24, 2.45) is 22.9 Å². The largest absolute Gasteiger partial charge is 0.489 e. The van der Waals surface area contributed by atoms with E-state index in [9.17, 15) is 19.4 Å². The van der Waals surface area contributed by atoms with Gasteiger partial charge in [0.05, 0.1) is 18.2 Å². The second kappa shape index (κ2) is 18.8. The fraction of sp³-hybridized carbons (Fsp3) is 0.455. The Kier molecular flexibility index (Phi) is 13.6. The molecule has 294 valence electrons. The van der Waals surface area contributed by atoms with Crippen LogP contribution in [0.1, 0.15) is 67.6 Å². The molecule has 0 spiro atoms. The van der Waals surface area contributed by atoms with Crippen molar-refractivity contribution < 1.29 is 43.2 Å². The van der Waals surface area contributed by atoms with Gasteiger partial charge >= 0.3 is 6.09 Å². The number of aliphatic hydroxyl groups excluding tert-OH is 2. The van der Waals surface area contributed by atoms with Gasteiger partial charge in [-0.15, -0.1) is 6.58 Å². The van der Waals surface area contributed by atoms with Crippen LogP contribution in [0.5, 0.6) is 11.5 Å². The number of unbranched alkanes of at least 4 members (excludes halogenated alkanes) is 2. The Morgan fingerprint density at radius 3 is 2.49 bits per heavy atom. The molecule has 0 bridgehead atoms. The minimum atomic E-state index is -1.40. The average molecular weight is 757 g/mol. The van der Waals surface area contributed by atoms with Crippen LogP contribution in [0.2, 0.25) is 0 Å². The smallest absolute Gasteiger partial charge is 0.410 e. The Labute approximate surface area is 323 Å². The maximum Gasteiger partial charge on any atom is 0.410 e. The Bertz CT molecular complexity index is 1820. The van der Waals surface area contributed by atoms with Crippen LogP contribution in [0, 0.1) is 23.6 Å². The molecular weight excluding hydrogens is 703 g/mol. The number of aliphatic hydroxyl groups is 2. The molecule has 3 aromatic rings. The molecule has 6 rings (SSSR count). The van der Waals surface area contributed by atoms with Crippen LogP contribution in [0.25, 0.3) is 0 Å². The molecule has 3 aliphatic rings. The van der Waals surface area contributed by atoms with E-state index in [0.717, 1.165) is 42.4 Å². The average Bonchev–Trinajstić information content (AvgIpc) is 3.20. The highest BCUT2D eigenvalue weighted by atomic mass is 19.1. The van der Waals surface area contributed by atoms with E-state index in [1.165, 1.54) is 13.2 Å². The maximum absolute atomic E-state index is 14.6. The number of ether oxygens (including phenoxy) is 4. The number of likely N-dealkylation sites (N-methyl/N-ethyl adjacent to an activating group) is 1. The summed E-state index contributed by atoms with van der Waals surface area (Å²) in [5.74, 6) is -1.14. The molecular formula is C44H53FN2O8. The molecule has 0 aromatic heterocycles. The van der Waals surface area contributed by atoms with Crippen molar-refractivity contribution in [3.05, 3.63) is 120 Å². The van der Waals surface area contributed by atoms with E-state index >= 15 is 0 Å². The van der Waals surface area contributed by atoms with Crippen LogP contribution in [0.3, 0.4) is 0 Å². The van der Waals surface area contributed by atoms with Gasteiger partial charge in [-0.25, -0.2) is 9.18 Å². The number of carbonyl (C=O) groups excluding carboxylic acids is 1. The van der Waals surface area contributed by atoms with Gasteiger partial charge in [0.15, 0.2) is 0 Å². The third kappa shape index (κ3) is 8.74. The summed E-state index contributed by atoms with van der Waals surface area (Å²) in [6.45, 7) is 4.43. The standard InChI is InChI=1S/C44H53FN2O8/c1-4-24-54-44-40(47(2)43(50)53-28-30-14-6-5-7-15-30)27-38(46-51-3)35-25-31(16-10-12-22-48)34(18-11-13-23-49)41(42(35)44)36-26-33(20-21-39(36)55-44)52-29-32-17-8-9-19-37(32)45/h4-9,14-15,17,19-21,25-26,31,34,40-42,48-49H,1,10-13,16,18,22-24,27-29H2,2-3H3/t31-,34+,40-,41+,42+,44+/m0/s1. The molecule has 0 radical (unpaired) electrons. The highest BCUT2D eigenvalue weighted by Gasteiger charge is 2.65. The van der Waals surface area contributed by atoms with Crippen molar-refractivity contribution in [3.63, 3.8) is 0 Å². The number of hydrogen-bond acceptors (Lipinski definition) is 9. The van der Waals surface area contributed by atoms with Crippen LogP contribution in [-0.4, -0.2) is 72.7 Å². The fourth-order valence-corrected chi connectivity index (χ4v) is 8.65. The Morgan fingerprint density at radius 1 is 1.02 bits per heavy atom. The lowest BCUT2D eigenvalue weighted by atomic mass is 9.55. The molecule has 3 aromatic carbocycles. The topological polar surface area (TPSA) is 119 Å². The first kappa shape index (κ1) is 40.0. The monoisotopic (exact) mass is 756 g/mol. The van der Waals surface area contributed by atoms with Crippen molar-refractivity contribution in [1.29, 1.82) is 0 Å². The lowest BCUT2D eigenvalue weighted by Crippen LogP contribution is -2.69. The second-order valence-electron chi connectivity index (χ2n) is 14.5. The zero-order valence-electron chi connectivity index (χ0n) is 31.8. The van der Waals surface area contributed by atoms with Gasteiger partial charge in [0.2, 0.25) is 5.79 Å². The first-order valence-electron chi connectivity index (χ1n) is 19.3. The fourth-order valence-electron chi connectivity index (χ4n) is 8.65. The number of amides is 1. The predicted molar refractivity (Wildman–Crippen MR) is 207 cm³/mol. The molecule has 11 heteroatoms. The van der Waals surface area contributed by atoms with Gasteiger partial charge in [-0.05, 0) is 72.9 Å². The Hall–Kier alpha value is -4.71. The lowest BCUT2D eigenvalue weighted by molar-refractivity contribution is -0.253. The molecule has 0 unspecified atom stereocenters. The number of nitrogens with zero attached hydrogens (tertiary/aromatic N) is 2. The number of hydrogen-bond donors (Lipinski definition) is 2. The van der Waals surface area contributed by atoms with Gasteiger partial charge < -0.3 is 38.9 Å². The summed E-state index contributed by atoms with van der Waals surface area (Å²) in [6.07, 6.45) is 8.23. The van der Waals surface area contributed by atoms with Crippen LogP contribution >= 0.6 is 0 Å². The van der Waals surface area contributed by atoms with Crippen LogP contribution in [0.15, 0.2) is 102 Å². The number of benzene rings is 3. The third-order valence-electron chi connectivity index (χ3n) is 11.2. The van der Waals surface area contributed by atoms with Crippen molar-refractivity contribution in [3.8, 4) is 11.5 Å². The van der Waals surface area contributed by atoms with Crippen LogP contribution in [0.4, 0.5) is 9.18 Å². The number of rotatable bonds is 18. The Morgan fingerprint density at radius 2 is 1.76 bits per heavy atom.